The highest BCUT2D eigenvalue weighted by Gasteiger charge is 2.11. The molecule has 0 saturated carbocycles. The summed E-state index contributed by atoms with van der Waals surface area (Å²) in [6.45, 7) is 5.31. The van der Waals surface area contributed by atoms with Gasteiger partial charge in [0.15, 0.2) is 0 Å². The summed E-state index contributed by atoms with van der Waals surface area (Å²) in [5.41, 5.74) is 2.76. The number of benzene rings is 1. The van der Waals surface area contributed by atoms with Crippen LogP contribution in [-0.4, -0.2) is 6.54 Å². The van der Waals surface area contributed by atoms with Gasteiger partial charge in [0.05, 0.1) is 0 Å². The van der Waals surface area contributed by atoms with Crippen LogP contribution < -0.4 is 5.32 Å². The molecule has 0 bridgehead atoms. The van der Waals surface area contributed by atoms with E-state index in [1.54, 1.807) is 0 Å². The zero-order valence-electron chi connectivity index (χ0n) is 10.3. The Morgan fingerprint density at radius 3 is 2.75 bits per heavy atom. The molecule has 0 fully saturated rings. The van der Waals surface area contributed by atoms with Crippen LogP contribution in [0, 0.1) is 19.3 Å². The minimum absolute atomic E-state index is 0.444. The molecule has 0 radical (unpaired) electrons. The van der Waals surface area contributed by atoms with Crippen LogP contribution in [0.3, 0.4) is 0 Å². The van der Waals surface area contributed by atoms with Crippen molar-refractivity contribution in [2.75, 3.05) is 6.54 Å². The van der Waals surface area contributed by atoms with Crippen molar-refractivity contribution in [1.29, 1.82) is 0 Å². The molecule has 1 N–H and O–H groups in total. The summed E-state index contributed by atoms with van der Waals surface area (Å²) < 4.78 is 0. The van der Waals surface area contributed by atoms with Crippen LogP contribution >= 0.6 is 0 Å². The Kier molecular flexibility index (Phi) is 5.67. The van der Waals surface area contributed by atoms with Crippen LogP contribution in [0.15, 0.2) is 24.3 Å². The fourth-order valence-electron chi connectivity index (χ4n) is 2.00. The number of unbranched alkanes of at least 4 members (excludes halogenated alkanes) is 1. The molecule has 0 heterocycles. The van der Waals surface area contributed by atoms with Crippen molar-refractivity contribution in [3.05, 3.63) is 35.4 Å². The average Bonchev–Trinajstić information content (AvgIpc) is 2.29. The van der Waals surface area contributed by atoms with Crippen molar-refractivity contribution in [3.8, 4) is 12.3 Å². The predicted octanol–water partition coefficient (Wildman–Crippen LogP) is 3.45. The summed E-state index contributed by atoms with van der Waals surface area (Å²) in [6, 6.07) is 9.01. The molecule has 1 unspecified atom stereocenters. The summed E-state index contributed by atoms with van der Waals surface area (Å²) in [5.74, 6) is 2.70. The topological polar surface area (TPSA) is 12.0 Å². The van der Waals surface area contributed by atoms with Crippen molar-refractivity contribution in [3.63, 3.8) is 0 Å². The van der Waals surface area contributed by atoms with Crippen molar-refractivity contribution in [2.24, 2.45) is 0 Å². The smallest absolute Gasteiger partial charge is 0.0323 e. The summed E-state index contributed by atoms with van der Waals surface area (Å²) in [5, 5.41) is 3.53. The lowest BCUT2D eigenvalue weighted by Crippen LogP contribution is -2.21. The van der Waals surface area contributed by atoms with Crippen molar-refractivity contribution in [2.45, 2.75) is 39.2 Å². The molecule has 86 valence electrons. The Hall–Kier alpha value is -1.26. The zero-order chi connectivity index (χ0) is 11.8. The second kappa shape index (κ2) is 7.09. The van der Waals surface area contributed by atoms with Crippen LogP contribution in [0.4, 0.5) is 0 Å². The quantitative estimate of drug-likeness (QED) is 0.566. The molecule has 0 aliphatic carbocycles. The van der Waals surface area contributed by atoms with Gasteiger partial charge < -0.3 is 5.32 Å². The second-order valence-electron chi connectivity index (χ2n) is 4.06. The number of hydrogen-bond acceptors (Lipinski definition) is 1. The van der Waals surface area contributed by atoms with Gasteiger partial charge in [-0.1, -0.05) is 31.2 Å². The molecular formula is C15H21N. The predicted molar refractivity (Wildman–Crippen MR) is 70.3 cm³/mol. The van der Waals surface area contributed by atoms with Gasteiger partial charge in [-0.2, -0.15) is 0 Å². The van der Waals surface area contributed by atoms with Gasteiger partial charge in [0.1, 0.15) is 0 Å². The van der Waals surface area contributed by atoms with E-state index in [-0.39, 0.29) is 0 Å². The van der Waals surface area contributed by atoms with Gasteiger partial charge >= 0.3 is 0 Å². The maximum absolute atomic E-state index is 5.29. The molecule has 0 saturated heterocycles. The summed E-state index contributed by atoms with van der Waals surface area (Å²) in [7, 11) is 0. The molecule has 0 aromatic heterocycles. The minimum atomic E-state index is 0.444. The van der Waals surface area contributed by atoms with Crippen LogP contribution in [0.2, 0.25) is 0 Å². The lowest BCUT2D eigenvalue weighted by Gasteiger charge is -2.19. The Bertz CT molecular complexity index is 349. The van der Waals surface area contributed by atoms with Gasteiger partial charge in [0, 0.05) is 12.5 Å². The highest BCUT2D eigenvalue weighted by molar-refractivity contribution is 5.28. The van der Waals surface area contributed by atoms with Gasteiger partial charge in [-0.15, -0.1) is 12.3 Å². The first-order chi connectivity index (χ1) is 7.79. The van der Waals surface area contributed by atoms with Crippen molar-refractivity contribution < 1.29 is 0 Å². The van der Waals surface area contributed by atoms with Crippen LogP contribution in [-0.2, 0) is 0 Å². The largest absolute Gasteiger partial charge is 0.310 e. The number of terminal acetylenes is 1. The number of rotatable bonds is 6. The molecule has 1 rings (SSSR count). The van der Waals surface area contributed by atoms with Crippen LogP contribution in [0.1, 0.15) is 43.4 Å². The molecule has 0 aliphatic rings. The molecule has 1 nitrogen and oxygen atoms in total. The van der Waals surface area contributed by atoms with E-state index >= 15 is 0 Å². The Balaban J connectivity index is 2.69. The normalized spacial score (nSPS) is 12.1. The molecule has 16 heavy (non-hydrogen) atoms. The maximum Gasteiger partial charge on any atom is 0.0323 e. The Labute approximate surface area is 99.3 Å². The number of hydrogen-bond donors (Lipinski definition) is 1. The van der Waals surface area contributed by atoms with E-state index in [1.165, 1.54) is 11.1 Å². The lowest BCUT2D eigenvalue weighted by molar-refractivity contribution is 0.500. The highest BCUT2D eigenvalue weighted by atomic mass is 14.9. The fourth-order valence-corrected chi connectivity index (χ4v) is 2.00. The number of nitrogens with one attached hydrogen (secondary N) is 1. The van der Waals surface area contributed by atoms with Gasteiger partial charge in [0.25, 0.3) is 0 Å². The van der Waals surface area contributed by atoms with E-state index in [0.29, 0.717) is 6.04 Å². The summed E-state index contributed by atoms with van der Waals surface area (Å²) >= 11 is 0. The van der Waals surface area contributed by atoms with E-state index in [9.17, 15) is 0 Å². The lowest BCUT2D eigenvalue weighted by atomic mass is 9.97. The van der Waals surface area contributed by atoms with E-state index in [0.717, 1.165) is 25.8 Å². The highest BCUT2D eigenvalue weighted by Crippen LogP contribution is 2.22. The second-order valence-corrected chi connectivity index (χ2v) is 4.06. The summed E-state index contributed by atoms with van der Waals surface area (Å²) in [4.78, 5) is 0. The van der Waals surface area contributed by atoms with Crippen LogP contribution in [0.5, 0.6) is 0 Å². The molecule has 1 atom stereocenters. The maximum atomic E-state index is 5.29. The standard InChI is InChI=1S/C15H21N/c1-4-6-7-12-15(16-5-2)14-11-9-8-10-13(14)3/h1,8-11,15-16H,5-7,12H2,2-3H3. The van der Waals surface area contributed by atoms with Crippen LogP contribution in [0.25, 0.3) is 0 Å². The third kappa shape index (κ3) is 3.72. The third-order valence-corrected chi connectivity index (χ3v) is 2.83. The zero-order valence-corrected chi connectivity index (χ0v) is 10.3. The van der Waals surface area contributed by atoms with Crippen molar-refractivity contribution >= 4 is 0 Å². The van der Waals surface area contributed by atoms with E-state index in [4.69, 9.17) is 6.42 Å². The molecule has 1 aromatic rings. The summed E-state index contributed by atoms with van der Waals surface area (Å²) in [6.07, 6.45) is 8.36. The van der Waals surface area contributed by atoms with E-state index in [2.05, 4.69) is 49.4 Å². The van der Waals surface area contributed by atoms with Gasteiger partial charge in [-0.25, -0.2) is 0 Å². The molecule has 0 spiro atoms. The van der Waals surface area contributed by atoms with Crippen molar-refractivity contribution in [1.82, 2.24) is 5.32 Å². The molecule has 0 aliphatic heterocycles. The molecule has 1 heteroatoms. The monoisotopic (exact) mass is 215 g/mol. The Morgan fingerprint density at radius 2 is 2.12 bits per heavy atom. The number of aryl methyl sites for hydroxylation is 1. The molecule has 0 amide bonds. The average molecular weight is 215 g/mol. The fraction of sp³-hybridized carbons (Fsp3) is 0.467. The SMILES string of the molecule is C#CCCCC(NCC)c1ccccc1C. The molecule has 1 aromatic carbocycles. The first kappa shape index (κ1) is 12.8. The minimum Gasteiger partial charge on any atom is -0.310 e. The molecular weight excluding hydrogens is 194 g/mol. The van der Waals surface area contributed by atoms with Gasteiger partial charge in [0.2, 0.25) is 0 Å². The first-order valence-corrected chi connectivity index (χ1v) is 6.02. The third-order valence-electron chi connectivity index (χ3n) is 2.83. The first-order valence-electron chi connectivity index (χ1n) is 6.02. The van der Waals surface area contributed by atoms with Gasteiger partial charge in [-0.05, 0) is 37.4 Å². The van der Waals surface area contributed by atoms with E-state index in [1.807, 2.05) is 0 Å². The van der Waals surface area contributed by atoms with Gasteiger partial charge in [-0.3, -0.25) is 0 Å². The Morgan fingerprint density at radius 1 is 1.38 bits per heavy atom. The van der Waals surface area contributed by atoms with E-state index < -0.39 is 0 Å².